The molecule has 1 saturated heterocycles. The molecule has 1 amide bonds. The predicted octanol–water partition coefficient (Wildman–Crippen LogP) is 2.44. The molecule has 3 heterocycles. The largest absolute Gasteiger partial charge is 0.444 e. The van der Waals surface area contributed by atoms with Crippen molar-refractivity contribution in [1.82, 2.24) is 19.4 Å². The number of ether oxygens (including phenoxy) is 2. The summed E-state index contributed by atoms with van der Waals surface area (Å²) >= 11 is 6.14. The van der Waals surface area contributed by atoms with Gasteiger partial charge in [0.1, 0.15) is 16.3 Å². The second kappa shape index (κ2) is 8.39. The third-order valence-corrected chi connectivity index (χ3v) is 5.21. The van der Waals surface area contributed by atoms with Crippen LogP contribution in [0.15, 0.2) is 16.9 Å². The van der Waals surface area contributed by atoms with Crippen molar-refractivity contribution in [2.75, 3.05) is 31.7 Å². The van der Waals surface area contributed by atoms with Gasteiger partial charge in [0.2, 0.25) is 0 Å². The SMILES string of the molecule is COCC1CN(C(=O)OC(C)(C)C)C(C)CN1c1nc(=O)n(C)c2ccc(Cl)nc12. The third-order valence-electron chi connectivity index (χ3n) is 5.00. The molecule has 0 radical (unpaired) electrons. The summed E-state index contributed by atoms with van der Waals surface area (Å²) in [5, 5.41) is 0.313. The van der Waals surface area contributed by atoms with Crippen molar-refractivity contribution in [3.63, 3.8) is 0 Å². The lowest BCUT2D eigenvalue weighted by atomic mass is 10.1. The Morgan fingerprint density at radius 2 is 1.97 bits per heavy atom. The second-order valence-electron chi connectivity index (χ2n) is 8.52. The van der Waals surface area contributed by atoms with Crippen LogP contribution in [0.4, 0.5) is 10.6 Å². The first-order valence-electron chi connectivity index (χ1n) is 9.80. The van der Waals surface area contributed by atoms with E-state index in [0.29, 0.717) is 41.7 Å². The predicted molar refractivity (Wildman–Crippen MR) is 115 cm³/mol. The normalized spacial score (nSPS) is 20.0. The summed E-state index contributed by atoms with van der Waals surface area (Å²) in [5.74, 6) is 0.438. The highest BCUT2D eigenvalue weighted by Crippen LogP contribution is 2.28. The Labute approximate surface area is 180 Å². The Hall–Kier alpha value is -2.39. The number of pyridine rings is 1. The van der Waals surface area contributed by atoms with Gasteiger partial charge in [0.05, 0.1) is 18.2 Å². The van der Waals surface area contributed by atoms with E-state index in [0.717, 1.165) is 0 Å². The summed E-state index contributed by atoms with van der Waals surface area (Å²) in [6.45, 7) is 8.59. The van der Waals surface area contributed by atoms with Crippen molar-refractivity contribution < 1.29 is 14.3 Å². The standard InChI is InChI=1S/C20H28ClN5O4/c1-12-9-26(13(11-29-6)10-25(12)19(28)30-20(2,3)4)17-16-14(7-8-15(21)22-16)24(5)18(27)23-17/h7-8,12-13H,9-11H2,1-6H3. The molecule has 1 fully saturated rings. The van der Waals surface area contributed by atoms with Crippen LogP contribution in [0, 0.1) is 0 Å². The number of aryl methyl sites for hydroxylation is 1. The van der Waals surface area contributed by atoms with Crippen molar-refractivity contribution >= 4 is 34.5 Å². The van der Waals surface area contributed by atoms with Crippen LogP contribution in [0.1, 0.15) is 27.7 Å². The number of hydrogen-bond donors (Lipinski definition) is 0. The fourth-order valence-electron chi connectivity index (χ4n) is 3.59. The minimum atomic E-state index is -0.589. The lowest BCUT2D eigenvalue weighted by Gasteiger charge is -2.45. The maximum atomic E-state index is 12.7. The number of carbonyl (C=O) groups excluding carboxylic acids is 1. The van der Waals surface area contributed by atoms with Gasteiger partial charge in [-0.3, -0.25) is 4.57 Å². The Morgan fingerprint density at radius 1 is 1.27 bits per heavy atom. The Morgan fingerprint density at radius 3 is 2.60 bits per heavy atom. The first-order chi connectivity index (χ1) is 14.0. The minimum Gasteiger partial charge on any atom is -0.444 e. The molecule has 2 unspecified atom stereocenters. The number of fused-ring (bicyclic) bond motifs is 1. The number of anilines is 1. The zero-order valence-corrected chi connectivity index (χ0v) is 18.9. The van der Waals surface area contributed by atoms with Gasteiger partial charge in [-0.25, -0.2) is 14.6 Å². The van der Waals surface area contributed by atoms with Crippen molar-refractivity contribution in [3.05, 3.63) is 27.8 Å². The minimum absolute atomic E-state index is 0.173. The average Bonchev–Trinajstić information content (AvgIpc) is 2.64. The molecule has 2 aromatic rings. The number of nitrogens with zero attached hydrogens (tertiary/aromatic N) is 5. The van der Waals surface area contributed by atoms with Gasteiger partial charge in [0.15, 0.2) is 5.82 Å². The summed E-state index contributed by atoms with van der Waals surface area (Å²) in [4.78, 5) is 37.6. The van der Waals surface area contributed by atoms with Crippen LogP contribution in [-0.2, 0) is 16.5 Å². The number of hydrogen-bond acceptors (Lipinski definition) is 7. The van der Waals surface area contributed by atoms with Gasteiger partial charge >= 0.3 is 11.8 Å². The zero-order valence-electron chi connectivity index (χ0n) is 18.2. The monoisotopic (exact) mass is 437 g/mol. The summed E-state index contributed by atoms with van der Waals surface area (Å²) in [7, 11) is 3.24. The van der Waals surface area contributed by atoms with Crippen LogP contribution in [-0.4, -0.2) is 70.0 Å². The van der Waals surface area contributed by atoms with E-state index in [9.17, 15) is 9.59 Å². The topological polar surface area (TPSA) is 89.8 Å². The molecule has 3 rings (SSSR count). The van der Waals surface area contributed by atoms with Crippen molar-refractivity contribution in [3.8, 4) is 0 Å². The van der Waals surface area contributed by atoms with E-state index in [1.165, 1.54) is 4.57 Å². The molecule has 0 aromatic carbocycles. The second-order valence-corrected chi connectivity index (χ2v) is 8.91. The van der Waals surface area contributed by atoms with Crippen molar-refractivity contribution in [2.24, 2.45) is 7.05 Å². The van der Waals surface area contributed by atoms with E-state index in [-0.39, 0.29) is 23.9 Å². The van der Waals surface area contributed by atoms with Gasteiger partial charge in [-0.2, -0.15) is 4.98 Å². The lowest BCUT2D eigenvalue weighted by Crippen LogP contribution is -2.61. The molecule has 2 aromatic heterocycles. The van der Waals surface area contributed by atoms with Crippen LogP contribution >= 0.6 is 11.6 Å². The Balaban J connectivity index is 2.02. The Bertz CT molecular complexity index is 1000. The lowest BCUT2D eigenvalue weighted by molar-refractivity contribution is 0.00896. The molecule has 2 atom stereocenters. The highest BCUT2D eigenvalue weighted by Gasteiger charge is 2.38. The van der Waals surface area contributed by atoms with Crippen LogP contribution in [0.25, 0.3) is 11.0 Å². The van der Waals surface area contributed by atoms with E-state index in [4.69, 9.17) is 21.1 Å². The van der Waals surface area contributed by atoms with Crippen molar-refractivity contribution in [2.45, 2.75) is 45.4 Å². The average molecular weight is 438 g/mol. The molecule has 0 saturated carbocycles. The molecule has 1 aliphatic heterocycles. The quantitative estimate of drug-likeness (QED) is 0.681. The zero-order chi connectivity index (χ0) is 22.2. The van der Waals surface area contributed by atoms with E-state index >= 15 is 0 Å². The fraction of sp³-hybridized carbons (Fsp3) is 0.600. The van der Waals surface area contributed by atoms with Crippen molar-refractivity contribution in [1.29, 1.82) is 0 Å². The maximum absolute atomic E-state index is 12.7. The summed E-state index contributed by atoms with van der Waals surface area (Å²) in [6.07, 6.45) is -0.376. The van der Waals surface area contributed by atoms with Gasteiger partial charge in [-0.05, 0) is 39.8 Å². The number of amides is 1. The number of methoxy groups -OCH3 is 1. The van der Waals surface area contributed by atoms with E-state index in [2.05, 4.69) is 9.97 Å². The van der Waals surface area contributed by atoms with E-state index in [1.807, 2.05) is 32.6 Å². The number of aromatic nitrogens is 3. The van der Waals surface area contributed by atoms with Gasteiger partial charge < -0.3 is 19.3 Å². The van der Waals surface area contributed by atoms with Gasteiger partial charge in [0.25, 0.3) is 0 Å². The highest BCUT2D eigenvalue weighted by atomic mass is 35.5. The van der Waals surface area contributed by atoms with Gasteiger partial charge in [-0.15, -0.1) is 0 Å². The van der Waals surface area contributed by atoms with Gasteiger partial charge in [0, 0.05) is 33.3 Å². The molecule has 30 heavy (non-hydrogen) atoms. The summed E-state index contributed by atoms with van der Waals surface area (Å²) in [5.41, 5.74) is 0.186. The van der Waals surface area contributed by atoms with Crippen LogP contribution in [0.3, 0.4) is 0 Å². The molecule has 164 valence electrons. The molecule has 0 spiro atoms. The van der Waals surface area contributed by atoms with Crippen LogP contribution in [0.5, 0.6) is 0 Å². The molecular formula is C20H28ClN5O4. The Kier molecular flexibility index (Phi) is 6.24. The number of carbonyl (C=O) groups is 1. The number of halogens is 1. The first kappa shape index (κ1) is 22.3. The van der Waals surface area contributed by atoms with Crippen LogP contribution < -0.4 is 10.6 Å². The molecule has 0 N–H and O–H groups in total. The van der Waals surface area contributed by atoms with Gasteiger partial charge in [-0.1, -0.05) is 11.6 Å². The third kappa shape index (κ3) is 4.52. The molecule has 10 heteroatoms. The fourth-order valence-corrected chi connectivity index (χ4v) is 3.74. The molecule has 9 nitrogen and oxygen atoms in total. The number of piperazine rings is 1. The highest BCUT2D eigenvalue weighted by molar-refractivity contribution is 6.29. The molecule has 1 aliphatic rings. The molecular weight excluding hydrogens is 410 g/mol. The van der Waals surface area contributed by atoms with E-state index in [1.54, 1.807) is 31.2 Å². The number of rotatable bonds is 3. The first-order valence-corrected chi connectivity index (χ1v) is 10.2. The molecule has 0 bridgehead atoms. The molecule has 0 aliphatic carbocycles. The smallest absolute Gasteiger partial charge is 0.410 e. The van der Waals surface area contributed by atoms with E-state index < -0.39 is 5.60 Å². The summed E-state index contributed by atoms with van der Waals surface area (Å²) < 4.78 is 12.4. The summed E-state index contributed by atoms with van der Waals surface area (Å²) in [6, 6.07) is 2.99. The maximum Gasteiger partial charge on any atom is 0.410 e. The van der Waals surface area contributed by atoms with Crippen LogP contribution in [0.2, 0.25) is 5.15 Å².